The van der Waals surface area contributed by atoms with Crippen LogP contribution in [0.4, 0.5) is 34.3 Å². The van der Waals surface area contributed by atoms with Gasteiger partial charge < -0.3 is 4.90 Å². The van der Waals surface area contributed by atoms with Crippen LogP contribution in [0.3, 0.4) is 0 Å². The third kappa shape index (κ3) is 7.14. The molecule has 1 aromatic heterocycles. The Morgan fingerprint density at radius 3 is 1.50 bits per heavy atom. The van der Waals surface area contributed by atoms with Crippen LogP contribution < -0.4 is 9.80 Å². The molecule has 0 bridgehead atoms. The second-order valence-corrected chi connectivity index (χ2v) is 17.6. The molecule has 0 saturated heterocycles. The predicted molar refractivity (Wildman–Crippen MR) is 279 cm³/mol. The first kappa shape index (κ1) is 39.3. The van der Waals surface area contributed by atoms with Gasteiger partial charge in [-0.15, -0.1) is 0 Å². The van der Waals surface area contributed by atoms with Crippen LogP contribution >= 0.6 is 11.8 Å². The molecular formula is C62H43N3S. The van der Waals surface area contributed by atoms with Crippen molar-refractivity contribution in [1.29, 1.82) is 0 Å². The van der Waals surface area contributed by atoms with Crippen LogP contribution in [-0.2, 0) is 0 Å². The fourth-order valence-corrected chi connectivity index (χ4v) is 10.6. The van der Waals surface area contributed by atoms with Gasteiger partial charge in [-0.25, -0.2) is 0 Å². The Morgan fingerprint density at radius 1 is 0.333 bits per heavy atom. The van der Waals surface area contributed by atoms with Gasteiger partial charge in [0.2, 0.25) is 0 Å². The van der Waals surface area contributed by atoms with E-state index in [0.29, 0.717) is 0 Å². The lowest BCUT2D eigenvalue weighted by Gasteiger charge is -2.32. The van der Waals surface area contributed by atoms with Gasteiger partial charge in [0.25, 0.3) is 0 Å². The Kier molecular flexibility index (Phi) is 10.1. The molecule has 0 radical (unpaired) electrons. The van der Waals surface area contributed by atoms with E-state index < -0.39 is 0 Å². The topological polar surface area (TPSA) is 11.4 Å². The number of nitrogens with zero attached hydrogens (tertiary/aromatic N) is 3. The second-order valence-electron chi connectivity index (χ2n) is 16.6. The number of fused-ring (bicyclic) bond motifs is 4. The average molecular weight is 862 g/mol. The minimum absolute atomic E-state index is 1.10. The van der Waals surface area contributed by atoms with Gasteiger partial charge in [0, 0.05) is 38.7 Å². The van der Waals surface area contributed by atoms with Crippen molar-refractivity contribution >= 4 is 56.9 Å². The zero-order valence-corrected chi connectivity index (χ0v) is 36.9. The largest absolute Gasteiger partial charge is 0.310 e. The Morgan fingerprint density at radius 2 is 0.818 bits per heavy atom. The zero-order valence-electron chi connectivity index (χ0n) is 36.1. The van der Waals surface area contributed by atoms with Crippen LogP contribution in [0, 0.1) is 0 Å². The molecule has 0 saturated carbocycles. The predicted octanol–water partition coefficient (Wildman–Crippen LogP) is 17.7. The normalized spacial score (nSPS) is 11.8. The molecular weight excluding hydrogens is 819 g/mol. The molecule has 10 aromatic carbocycles. The van der Waals surface area contributed by atoms with Crippen LogP contribution in [0.15, 0.2) is 271 Å². The van der Waals surface area contributed by atoms with Crippen molar-refractivity contribution < 1.29 is 0 Å². The van der Waals surface area contributed by atoms with Crippen molar-refractivity contribution in [3.8, 4) is 50.2 Å². The van der Waals surface area contributed by atoms with E-state index in [0.717, 1.165) is 39.8 Å². The van der Waals surface area contributed by atoms with E-state index in [9.17, 15) is 0 Å². The van der Waals surface area contributed by atoms with Gasteiger partial charge in [0.1, 0.15) is 5.82 Å². The molecule has 2 heterocycles. The van der Waals surface area contributed by atoms with Crippen LogP contribution in [0.1, 0.15) is 0 Å². The summed E-state index contributed by atoms with van der Waals surface area (Å²) in [6.07, 6.45) is 0. The number of hydrogen-bond acceptors (Lipinski definition) is 3. The highest BCUT2D eigenvalue weighted by atomic mass is 32.2. The van der Waals surface area contributed by atoms with E-state index in [1.807, 2.05) is 11.8 Å². The van der Waals surface area contributed by atoms with Crippen LogP contribution in [0.2, 0.25) is 0 Å². The smallest absolute Gasteiger partial charge is 0.137 e. The van der Waals surface area contributed by atoms with Crippen LogP contribution in [-0.4, -0.2) is 4.57 Å². The summed E-state index contributed by atoms with van der Waals surface area (Å²) in [7, 11) is 0. The Hall–Kier alpha value is -8.31. The van der Waals surface area contributed by atoms with Gasteiger partial charge in [-0.3, -0.25) is 9.47 Å². The van der Waals surface area contributed by atoms with Crippen molar-refractivity contribution in [2.24, 2.45) is 0 Å². The molecule has 66 heavy (non-hydrogen) atoms. The third-order valence-electron chi connectivity index (χ3n) is 12.6. The molecule has 0 spiro atoms. The van der Waals surface area contributed by atoms with E-state index in [1.54, 1.807) is 0 Å². The molecule has 1 aliphatic heterocycles. The van der Waals surface area contributed by atoms with E-state index in [-0.39, 0.29) is 0 Å². The summed E-state index contributed by atoms with van der Waals surface area (Å²) in [5, 5.41) is 1.24. The van der Waals surface area contributed by atoms with Crippen molar-refractivity contribution in [2.45, 2.75) is 9.79 Å². The van der Waals surface area contributed by atoms with Crippen LogP contribution in [0.5, 0.6) is 0 Å². The summed E-state index contributed by atoms with van der Waals surface area (Å²) < 4.78 is 2.44. The average Bonchev–Trinajstić information content (AvgIpc) is 3.72. The monoisotopic (exact) mass is 861 g/mol. The number of para-hydroxylation sites is 4. The summed E-state index contributed by atoms with van der Waals surface area (Å²) in [6.45, 7) is 0. The van der Waals surface area contributed by atoms with E-state index >= 15 is 0 Å². The highest BCUT2D eigenvalue weighted by Gasteiger charge is 2.32. The summed E-state index contributed by atoms with van der Waals surface area (Å²) in [5.41, 5.74) is 17.5. The van der Waals surface area contributed by atoms with Crippen molar-refractivity contribution in [1.82, 2.24) is 4.57 Å². The van der Waals surface area contributed by atoms with Crippen molar-refractivity contribution in [3.63, 3.8) is 0 Å². The van der Waals surface area contributed by atoms with Gasteiger partial charge in [-0.2, -0.15) is 0 Å². The quantitative estimate of drug-likeness (QED) is 0.143. The van der Waals surface area contributed by atoms with Gasteiger partial charge >= 0.3 is 0 Å². The Balaban J connectivity index is 0.898. The summed E-state index contributed by atoms with van der Waals surface area (Å²) in [4.78, 5) is 7.27. The zero-order chi connectivity index (χ0) is 43.8. The third-order valence-corrected chi connectivity index (χ3v) is 13.7. The first-order valence-corrected chi connectivity index (χ1v) is 23.2. The van der Waals surface area contributed by atoms with Gasteiger partial charge in [-0.05, 0) is 123 Å². The molecule has 0 N–H and O–H groups in total. The van der Waals surface area contributed by atoms with Gasteiger partial charge in [-0.1, -0.05) is 194 Å². The maximum absolute atomic E-state index is 2.44. The number of hydrogen-bond donors (Lipinski definition) is 0. The van der Waals surface area contributed by atoms with Gasteiger partial charge in [0.15, 0.2) is 0 Å². The fourth-order valence-electron chi connectivity index (χ4n) is 9.45. The number of aromatic nitrogens is 1. The molecule has 0 atom stereocenters. The molecule has 11 aromatic rings. The lowest BCUT2D eigenvalue weighted by Crippen LogP contribution is -2.17. The van der Waals surface area contributed by atoms with Crippen molar-refractivity contribution in [2.75, 3.05) is 9.80 Å². The SMILES string of the molecule is c1ccc(-c2ccccc2-c2ccc(N(c3ccccc3)c3cccc(-c4ccc(-c5ccc6c7c(n(-c8ccccc8)c6c5)N(c5ccccc5)c5ccccc5S7)cc4)c3)cc2)cc1. The number of rotatable bonds is 9. The van der Waals surface area contributed by atoms with Gasteiger partial charge in [0.05, 0.1) is 16.1 Å². The summed E-state index contributed by atoms with van der Waals surface area (Å²) in [6, 6.07) is 94.1. The van der Waals surface area contributed by atoms with E-state index in [4.69, 9.17) is 0 Å². The molecule has 312 valence electrons. The molecule has 4 heteroatoms. The van der Waals surface area contributed by atoms with E-state index in [2.05, 4.69) is 275 Å². The van der Waals surface area contributed by atoms with Crippen LogP contribution in [0.25, 0.3) is 61.1 Å². The molecule has 3 nitrogen and oxygen atoms in total. The fraction of sp³-hybridized carbons (Fsp3) is 0. The second kappa shape index (κ2) is 17.0. The standard InChI is InChI=1S/C62H43N3S/c1-5-18-46(19-6-1)55-28-13-14-29-56(55)47-36-39-53(40-37-47)63(50-21-7-2-8-22-50)54-27-17-20-48(42-54)44-32-34-45(35-33-44)49-38-41-57-59(43-49)65(52-25-11-4-12-26-52)62-61(57)66-60-31-16-15-30-58(60)64(62)51-23-9-3-10-24-51/h1-43H. The minimum atomic E-state index is 1.10. The molecule has 0 fully saturated rings. The maximum Gasteiger partial charge on any atom is 0.137 e. The van der Waals surface area contributed by atoms with E-state index in [1.165, 1.54) is 65.3 Å². The summed E-state index contributed by atoms with van der Waals surface area (Å²) >= 11 is 1.86. The highest BCUT2D eigenvalue weighted by Crippen LogP contribution is 2.56. The van der Waals surface area contributed by atoms with Crippen molar-refractivity contribution in [3.05, 3.63) is 261 Å². The number of anilines is 6. The first-order valence-electron chi connectivity index (χ1n) is 22.4. The molecule has 0 amide bonds. The minimum Gasteiger partial charge on any atom is -0.310 e. The lowest BCUT2D eigenvalue weighted by atomic mass is 9.94. The lowest BCUT2D eigenvalue weighted by molar-refractivity contribution is 1.03. The molecule has 0 unspecified atom stereocenters. The highest BCUT2D eigenvalue weighted by molar-refractivity contribution is 8.00. The molecule has 1 aliphatic rings. The molecule has 12 rings (SSSR count). The Labute approximate surface area is 390 Å². The molecule has 0 aliphatic carbocycles. The summed E-state index contributed by atoms with van der Waals surface area (Å²) in [5.74, 6) is 1.16. The Bertz CT molecular complexity index is 3480. The first-order chi connectivity index (χ1) is 32.7. The number of benzene rings is 10. The maximum atomic E-state index is 2.44.